The van der Waals surface area contributed by atoms with Crippen LogP contribution in [-0.4, -0.2) is 12.6 Å². The Morgan fingerprint density at radius 1 is 1.09 bits per heavy atom. The standard InChI is InChI=1S/C19H24N2O2/c1-4-23-16-11-9-15(10-12-16)13-20-19(22)21-18-8-6-5-7-17(18)14(2)3/h5-12,14H,4,13H2,1-3H3,(H2,20,21,22). The Balaban J connectivity index is 1.90. The van der Waals surface area contributed by atoms with Crippen LogP contribution in [0.2, 0.25) is 0 Å². The lowest BCUT2D eigenvalue weighted by Gasteiger charge is -2.14. The molecule has 4 nitrogen and oxygen atoms in total. The first-order chi connectivity index (χ1) is 11.1. The summed E-state index contributed by atoms with van der Waals surface area (Å²) in [4.78, 5) is 12.1. The highest BCUT2D eigenvalue weighted by Crippen LogP contribution is 2.23. The van der Waals surface area contributed by atoms with Crippen LogP contribution in [0, 0.1) is 0 Å². The van der Waals surface area contributed by atoms with Gasteiger partial charge in [0.05, 0.1) is 6.61 Å². The van der Waals surface area contributed by atoms with Gasteiger partial charge in [-0.25, -0.2) is 4.79 Å². The van der Waals surface area contributed by atoms with Crippen LogP contribution >= 0.6 is 0 Å². The van der Waals surface area contributed by atoms with Crippen LogP contribution in [0.3, 0.4) is 0 Å². The maximum absolute atomic E-state index is 12.1. The average molecular weight is 312 g/mol. The molecule has 0 bridgehead atoms. The molecule has 0 saturated carbocycles. The Bertz CT molecular complexity index is 636. The van der Waals surface area contributed by atoms with Crippen molar-refractivity contribution < 1.29 is 9.53 Å². The maximum atomic E-state index is 12.1. The van der Waals surface area contributed by atoms with Crippen molar-refractivity contribution in [2.45, 2.75) is 33.2 Å². The zero-order valence-electron chi connectivity index (χ0n) is 13.9. The van der Waals surface area contributed by atoms with E-state index in [1.54, 1.807) is 0 Å². The van der Waals surface area contributed by atoms with Gasteiger partial charge in [-0.15, -0.1) is 0 Å². The molecular formula is C19H24N2O2. The monoisotopic (exact) mass is 312 g/mol. The Morgan fingerprint density at radius 3 is 2.43 bits per heavy atom. The first kappa shape index (κ1) is 16.9. The number of urea groups is 1. The number of para-hydroxylation sites is 1. The molecule has 2 aromatic carbocycles. The Hall–Kier alpha value is -2.49. The highest BCUT2D eigenvalue weighted by molar-refractivity contribution is 5.90. The number of hydrogen-bond donors (Lipinski definition) is 2. The summed E-state index contributed by atoms with van der Waals surface area (Å²) >= 11 is 0. The molecule has 0 radical (unpaired) electrons. The van der Waals surface area contributed by atoms with Gasteiger partial charge >= 0.3 is 6.03 Å². The number of hydrogen-bond acceptors (Lipinski definition) is 2. The number of anilines is 1. The Morgan fingerprint density at radius 2 is 1.78 bits per heavy atom. The molecule has 0 atom stereocenters. The second-order valence-corrected chi connectivity index (χ2v) is 5.63. The molecule has 23 heavy (non-hydrogen) atoms. The molecule has 2 amide bonds. The van der Waals surface area contributed by atoms with Crippen molar-refractivity contribution in [1.82, 2.24) is 5.32 Å². The lowest BCUT2D eigenvalue weighted by molar-refractivity contribution is 0.251. The minimum Gasteiger partial charge on any atom is -0.494 e. The van der Waals surface area contributed by atoms with Gasteiger partial charge in [0.2, 0.25) is 0 Å². The van der Waals surface area contributed by atoms with Crippen LogP contribution in [-0.2, 0) is 6.54 Å². The molecular weight excluding hydrogens is 288 g/mol. The molecule has 2 aromatic rings. The normalized spacial score (nSPS) is 10.4. The van der Waals surface area contributed by atoms with Gasteiger partial charge in [0.1, 0.15) is 5.75 Å². The molecule has 0 aliphatic heterocycles. The van der Waals surface area contributed by atoms with Crippen LogP contribution in [0.5, 0.6) is 5.75 Å². The number of benzene rings is 2. The van der Waals surface area contributed by atoms with Crippen LogP contribution in [0.25, 0.3) is 0 Å². The van der Waals surface area contributed by atoms with Crippen LogP contribution in [0.15, 0.2) is 48.5 Å². The number of carbonyl (C=O) groups excluding carboxylic acids is 1. The lowest BCUT2D eigenvalue weighted by atomic mass is 10.0. The Labute approximate surface area is 137 Å². The summed E-state index contributed by atoms with van der Waals surface area (Å²) in [6.07, 6.45) is 0. The number of carbonyl (C=O) groups is 1. The van der Waals surface area contributed by atoms with Crippen LogP contribution < -0.4 is 15.4 Å². The second kappa shape index (κ2) is 8.22. The number of nitrogens with one attached hydrogen (secondary N) is 2. The number of rotatable bonds is 6. The molecule has 0 saturated heterocycles. The minimum atomic E-state index is -0.202. The van der Waals surface area contributed by atoms with E-state index in [0.717, 1.165) is 22.6 Å². The van der Waals surface area contributed by atoms with Crippen molar-refractivity contribution in [3.63, 3.8) is 0 Å². The molecule has 0 heterocycles. The topological polar surface area (TPSA) is 50.4 Å². The molecule has 0 aliphatic rings. The van der Waals surface area contributed by atoms with E-state index in [1.807, 2.05) is 55.5 Å². The van der Waals surface area contributed by atoms with Crippen LogP contribution in [0.1, 0.15) is 37.8 Å². The largest absolute Gasteiger partial charge is 0.494 e. The second-order valence-electron chi connectivity index (χ2n) is 5.63. The fourth-order valence-corrected chi connectivity index (χ4v) is 2.33. The minimum absolute atomic E-state index is 0.202. The molecule has 0 aliphatic carbocycles. The SMILES string of the molecule is CCOc1ccc(CNC(=O)Nc2ccccc2C(C)C)cc1. The molecule has 122 valence electrons. The van der Waals surface area contributed by atoms with Gasteiger partial charge < -0.3 is 15.4 Å². The summed E-state index contributed by atoms with van der Waals surface area (Å²) in [6.45, 7) is 7.29. The molecule has 0 unspecified atom stereocenters. The van der Waals surface area contributed by atoms with Crippen molar-refractivity contribution in [2.24, 2.45) is 0 Å². The quantitative estimate of drug-likeness (QED) is 0.823. The molecule has 2 rings (SSSR count). The summed E-state index contributed by atoms with van der Waals surface area (Å²) in [5, 5.41) is 5.79. The van der Waals surface area contributed by atoms with Crippen molar-refractivity contribution in [3.8, 4) is 5.75 Å². The maximum Gasteiger partial charge on any atom is 0.319 e. The third-order valence-electron chi connectivity index (χ3n) is 3.52. The summed E-state index contributed by atoms with van der Waals surface area (Å²) in [5.41, 5.74) is 3.01. The number of amides is 2. The van der Waals surface area contributed by atoms with Crippen LogP contribution in [0.4, 0.5) is 10.5 Å². The van der Waals surface area contributed by atoms with E-state index in [0.29, 0.717) is 19.1 Å². The lowest BCUT2D eigenvalue weighted by Crippen LogP contribution is -2.28. The van der Waals surface area contributed by atoms with E-state index < -0.39 is 0 Å². The zero-order valence-corrected chi connectivity index (χ0v) is 13.9. The van der Waals surface area contributed by atoms with E-state index in [2.05, 4.69) is 24.5 Å². The fraction of sp³-hybridized carbons (Fsp3) is 0.316. The van der Waals surface area contributed by atoms with Gasteiger partial charge in [-0.3, -0.25) is 0 Å². The van der Waals surface area contributed by atoms with Crippen molar-refractivity contribution >= 4 is 11.7 Å². The van der Waals surface area contributed by atoms with E-state index >= 15 is 0 Å². The first-order valence-corrected chi connectivity index (χ1v) is 7.95. The van der Waals surface area contributed by atoms with Gasteiger partial charge in [-0.2, -0.15) is 0 Å². The zero-order chi connectivity index (χ0) is 16.7. The summed E-state index contributed by atoms with van der Waals surface area (Å²) in [7, 11) is 0. The Kier molecular flexibility index (Phi) is 6.03. The first-order valence-electron chi connectivity index (χ1n) is 7.95. The van der Waals surface area contributed by atoms with Crippen molar-refractivity contribution in [2.75, 3.05) is 11.9 Å². The van der Waals surface area contributed by atoms with E-state index in [-0.39, 0.29) is 6.03 Å². The molecule has 4 heteroatoms. The fourth-order valence-electron chi connectivity index (χ4n) is 2.33. The third-order valence-corrected chi connectivity index (χ3v) is 3.52. The van der Waals surface area contributed by atoms with Crippen molar-refractivity contribution in [3.05, 3.63) is 59.7 Å². The summed E-state index contributed by atoms with van der Waals surface area (Å²) in [5.74, 6) is 1.20. The molecule has 0 spiro atoms. The molecule has 0 aromatic heterocycles. The molecule has 2 N–H and O–H groups in total. The third kappa shape index (κ3) is 5.02. The van der Waals surface area contributed by atoms with Gasteiger partial charge in [-0.1, -0.05) is 44.2 Å². The van der Waals surface area contributed by atoms with Gasteiger partial charge in [-0.05, 0) is 42.2 Å². The highest BCUT2D eigenvalue weighted by atomic mass is 16.5. The average Bonchev–Trinajstić information content (AvgIpc) is 2.55. The van der Waals surface area contributed by atoms with E-state index in [1.165, 1.54) is 0 Å². The predicted molar refractivity (Wildman–Crippen MR) is 94.0 cm³/mol. The van der Waals surface area contributed by atoms with Gasteiger partial charge in [0.25, 0.3) is 0 Å². The van der Waals surface area contributed by atoms with Gasteiger partial charge in [0.15, 0.2) is 0 Å². The smallest absolute Gasteiger partial charge is 0.319 e. The molecule has 0 fully saturated rings. The predicted octanol–water partition coefficient (Wildman–Crippen LogP) is 4.53. The van der Waals surface area contributed by atoms with E-state index in [4.69, 9.17) is 4.74 Å². The highest BCUT2D eigenvalue weighted by Gasteiger charge is 2.08. The van der Waals surface area contributed by atoms with Gasteiger partial charge in [0, 0.05) is 12.2 Å². The number of ether oxygens (including phenoxy) is 1. The summed E-state index contributed by atoms with van der Waals surface area (Å²) < 4.78 is 5.40. The van der Waals surface area contributed by atoms with Crippen molar-refractivity contribution in [1.29, 1.82) is 0 Å². The summed E-state index contributed by atoms with van der Waals surface area (Å²) in [6, 6.07) is 15.4. The van der Waals surface area contributed by atoms with E-state index in [9.17, 15) is 4.79 Å².